The zero-order chi connectivity index (χ0) is 21.2. The molecule has 0 bridgehead atoms. The topological polar surface area (TPSA) is 67.2 Å². The van der Waals surface area contributed by atoms with Crippen LogP contribution >= 0.6 is 11.6 Å². The van der Waals surface area contributed by atoms with Crippen LogP contribution in [0.1, 0.15) is 5.82 Å². The lowest BCUT2D eigenvalue weighted by Gasteiger charge is -2.18. The van der Waals surface area contributed by atoms with Gasteiger partial charge >= 0.3 is 6.18 Å². The molecule has 0 aliphatic heterocycles. The lowest BCUT2D eigenvalue weighted by molar-refractivity contribution is -0.148. The van der Waals surface area contributed by atoms with Crippen molar-refractivity contribution in [3.8, 4) is 0 Å². The Labute approximate surface area is 168 Å². The van der Waals surface area contributed by atoms with E-state index in [1.54, 1.807) is 30.3 Å². The number of alkyl halides is 3. The van der Waals surface area contributed by atoms with Crippen LogP contribution in [0.5, 0.6) is 0 Å². The molecule has 1 N–H and O–H groups in total. The molecule has 1 heterocycles. The van der Waals surface area contributed by atoms with Crippen LogP contribution in [0.4, 0.5) is 18.9 Å². The third-order valence-electron chi connectivity index (χ3n) is 4.12. The zero-order valence-electron chi connectivity index (χ0n) is 15.2. The van der Waals surface area contributed by atoms with Crippen molar-refractivity contribution in [3.05, 3.63) is 59.4 Å². The Kier molecular flexibility index (Phi) is 5.78. The molecule has 0 saturated heterocycles. The van der Waals surface area contributed by atoms with Gasteiger partial charge in [0, 0.05) is 17.8 Å². The van der Waals surface area contributed by atoms with Gasteiger partial charge in [-0.3, -0.25) is 9.59 Å². The molecule has 0 radical (unpaired) electrons. The molecular formula is C19H16ClF3N4O2. The van der Waals surface area contributed by atoms with Gasteiger partial charge in [-0.2, -0.15) is 13.2 Å². The van der Waals surface area contributed by atoms with Gasteiger partial charge in [-0.15, -0.1) is 0 Å². The number of anilines is 1. The first kappa shape index (κ1) is 20.7. The first-order valence-corrected chi connectivity index (χ1v) is 8.85. The van der Waals surface area contributed by atoms with Gasteiger partial charge in [0.2, 0.25) is 17.6 Å². The number of para-hydroxylation sites is 2. The predicted octanol–water partition coefficient (Wildman–Crippen LogP) is 3.81. The van der Waals surface area contributed by atoms with E-state index in [4.69, 9.17) is 11.6 Å². The van der Waals surface area contributed by atoms with Gasteiger partial charge in [0.1, 0.15) is 6.54 Å². The maximum absolute atomic E-state index is 13.3. The Morgan fingerprint density at radius 1 is 1.17 bits per heavy atom. The van der Waals surface area contributed by atoms with Crippen molar-refractivity contribution in [2.75, 3.05) is 18.9 Å². The fourth-order valence-corrected chi connectivity index (χ4v) is 2.97. The first-order chi connectivity index (χ1) is 13.6. The smallest absolute Gasteiger partial charge is 0.335 e. The molecule has 0 aliphatic carbocycles. The molecule has 3 aromatic rings. The Bertz CT molecular complexity index is 1070. The van der Waals surface area contributed by atoms with E-state index in [1.807, 2.05) is 0 Å². The van der Waals surface area contributed by atoms with Gasteiger partial charge in [0.15, 0.2) is 0 Å². The number of rotatable bonds is 5. The summed E-state index contributed by atoms with van der Waals surface area (Å²) in [6, 6.07) is 12.5. The lowest BCUT2D eigenvalue weighted by atomic mass is 10.3. The molecule has 0 unspecified atom stereocenters. The quantitative estimate of drug-likeness (QED) is 0.677. The van der Waals surface area contributed by atoms with Crippen LogP contribution in [0.15, 0.2) is 48.5 Å². The minimum Gasteiger partial charge on any atom is -0.335 e. The van der Waals surface area contributed by atoms with Crippen LogP contribution in [-0.4, -0.2) is 39.9 Å². The van der Waals surface area contributed by atoms with Crippen molar-refractivity contribution in [1.29, 1.82) is 0 Å². The number of hydrogen-bond donors (Lipinski definition) is 1. The summed E-state index contributed by atoms with van der Waals surface area (Å²) in [5.74, 6) is -2.33. The Balaban J connectivity index is 1.73. The summed E-state index contributed by atoms with van der Waals surface area (Å²) in [6.07, 6.45) is -4.72. The number of carbonyl (C=O) groups is 2. The highest BCUT2D eigenvalue weighted by Crippen LogP contribution is 2.31. The molecule has 2 amide bonds. The molecular weight excluding hydrogens is 409 g/mol. The summed E-state index contributed by atoms with van der Waals surface area (Å²) in [7, 11) is 1.34. The lowest BCUT2D eigenvalue weighted by Crippen LogP contribution is -2.37. The number of nitrogens with one attached hydrogen (secondary N) is 1. The maximum Gasteiger partial charge on any atom is 0.449 e. The highest BCUT2D eigenvalue weighted by Gasteiger charge is 2.38. The van der Waals surface area contributed by atoms with E-state index < -0.39 is 30.4 Å². The predicted molar refractivity (Wildman–Crippen MR) is 102 cm³/mol. The highest BCUT2D eigenvalue weighted by atomic mass is 35.5. The third kappa shape index (κ3) is 4.86. The number of carbonyl (C=O) groups excluding carboxylic acids is 2. The minimum absolute atomic E-state index is 0.133. The Morgan fingerprint density at radius 2 is 1.90 bits per heavy atom. The first-order valence-electron chi connectivity index (χ1n) is 8.47. The summed E-state index contributed by atoms with van der Waals surface area (Å²) in [6.45, 7) is -0.935. The standard InChI is InChI=1S/C19H16ClF3N4O2/c1-26(10-16(28)24-13-6-4-5-12(20)9-13)17(29)11-27-15-8-3-2-7-14(15)25-18(27)19(21,22)23/h2-9H,10-11H2,1H3,(H,24,28). The van der Waals surface area contributed by atoms with Crippen molar-refractivity contribution in [2.45, 2.75) is 12.7 Å². The second-order valence-electron chi connectivity index (χ2n) is 6.32. The minimum atomic E-state index is -4.72. The maximum atomic E-state index is 13.3. The van der Waals surface area contributed by atoms with Crippen LogP contribution < -0.4 is 5.32 Å². The van der Waals surface area contributed by atoms with Gasteiger partial charge in [-0.25, -0.2) is 4.98 Å². The Hall–Kier alpha value is -3.07. The van der Waals surface area contributed by atoms with Crippen LogP contribution in [0.2, 0.25) is 5.02 Å². The molecule has 152 valence electrons. The Morgan fingerprint density at radius 3 is 2.59 bits per heavy atom. The number of nitrogens with zero attached hydrogens (tertiary/aromatic N) is 3. The summed E-state index contributed by atoms with van der Waals surface area (Å²) < 4.78 is 40.8. The van der Waals surface area contributed by atoms with E-state index in [0.717, 1.165) is 9.47 Å². The molecule has 3 rings (SSSR count). The second kappa shape index (κ2) is 8.12. The molecule has 0 saturated carbocycles. The van der Waals surface area contributed by atoms with Gasteiger partial charge in [-0.05, 0) is 30.3 Å². The highest BCUT2D eigenvalue weighted by molar-refractivity contribution is 6.30. The fraction of sp³-hybridized carbons (Fsp3) is 0.211. The van der Waals surface area contributed by atoms with Crippen molar-refractivity contribution in [2.24, 2.45) is 0 Å². The van der Waals surface area contributed by atoms with Gasteiger partial charge in [-0.1, -0.05) is 29.8 Å². The van der Waals surface area contributed by atoms with Gasteiger partial charge in [0.05, 0.1) is 17.6 Å². The van der Waals surface area contributed by atoms with E-state index in [1.165, 1.54) is 25.2 Å². The molecule has 29 heavy (non-hydrogen) atoms. The van der Waals surface area contributed by atoms with Gasteiger partial charge in [0.25, 0.3) is 0 Å². The molecule has 10 heteroatoms. The van der Waals surface area contributed by atoms with Crippen molar-refractivity contribution >= 4 is 40.1 Å². The number of hydrogen-bond acceptors (Lipinski definition) is 3. The van der Waals surface area contributed by atoms with E-state index in [0.29, 0.717) is 10.7 Å². The van der Waals surface area contributed by atoms with E-state index in [9.17, 15) is 22.8 Å². The van der Waals surface area contributed by atoms with Crippen LogP contribution in [0, 0.1) is 0 Å². The third-order valence-corrected chi connectivity index (χ3v) is 4.35. The van der Waals surface area contributed by atoms with Crippen LogP contribution in [0.25, 0.3) is 11.0 Å². The normalized spacial score (nSPS) is 11.5. The average molecular weight is 425 g/mol. The number of benzene rings is 2. The molecule has 0 spiro atoms. The van der Waals surface area contributed by atoms with Crippen LogP contribution in [0.3, 0.4) is 0 Å². The monoisotopic (exact) mass is 424 g/mol. The number of likely N-dealkylation sites (N-methyl/N-ethyl adjacent to an activating group) is 1. The summed E-state index contributed by atoms with van der Waals surface area (Å²) in [4.78, 5) is 29.3. The number of halogens is 4. The average Bonchev–Trinajstić information content (AvgIpc) is 3.00. The molecule has 0 aliphatic rings. The van der Waals surface area contributed by atoms with Crippen LogP contribution in [-0.2, 0) is 22.3 Å². The van der Waals surface area contributed by atoms with Crippen molar-refractivity contribution in [3.63, 3.8) is 0 Å². The van der Waals surface area contributed by atoms with E-state index in [2.05, 4.69) is 10.3 Å². The molecule has 6 nitrogen and oxygen atoms in total. The SMILES string of the molecule is CN(CC(=O)Nc1cccc(Cl)c1)C(=O)Cn1c(C(F)(F)F)nc2ccccc21. The summed E-state index contributed by atoms with van der Waals surface area (Å²) in [5, 5.41) is 3.01. The molecule has 2 aromatic carbocycles. The molecule has 0 atom stereocenters. The fourth-order valence-electron chi connectivity index (χ4n) is 2.78. The number of aromatic nitrogens is 2. The summed E-state index contributed by atoms with van der Waals surface area (Å²) in [5.41, 5.74) is 0.766. The number of fused-ring (bicyclic) bond motifs is 1. The van der Waals surface area contributed by atoms with Gasteiger partial charge < -0.3 is 14.8 Å². The largest absolute Gasteiger partial charge is 0.449 e. The molecule has 0 fully saturated rings. The van der Waals surface area contributed by atoms with E-state index >= 15 is 0 Å². The molecule has 1 aromatic heterocycles. The number of amides is 2. The summed E-state index contributed by atoms with van der Waals surface area (Å²) >= 11 is 5.85. The van der Waals surface area contributed by atoms with Crippen molar-refractivity contribution < 1.29 is 22.8 Å². The second-order valence-corrected chi connectivity index (χ2v) is 6.75. The number of imidazole rings is 1. The van der Waals surface area contributed by atoms with E-state index in [-0.39, 0.29) is 17.6 Å². The zero-order valence-corrected chi connectivity index (χ0v) is 16.0. The van der Waals surface area contributed by atoms with Crippen molar-refractivity contribution in [1.82, 2.24) is 14.5 Å².